The first-order chi connectivity index (χ1) is 3.72. The number of rotatable bonds is 3. The van der Waals surface area contributed by atoms with Crippen LogP contribution in [0.4, 0.5) is 0 Å². The molecule has 0 aliphatic rings. The number of carbonyl (C=O) groups excluding carboxylic acids is 1. The van der Waals surface area contributed by atoms with Crippen molar-refractivity contribution in [2.45, 2.75) is 19.4 Å². The SMILES string of the molecule is CCC(=O)C(N)CO. The zero-order valence-electron chi connectivity index (χ0n) is 4.92. The number of hydrogen-bond donors (Lipinski definition) is 2. The van der Waals surface area contributed by atoms with E-state index >= 15 is 0 Å². The molecule has 1 unspecified atom stereocenters. The van der Waals surface area contributed by atoms with Crippen molar-refractivity contribution in [2.24, 2.45) is 5.73 Å². The third-order valence-corrected chi connectivity index (χ3v) is 0.959. The Hall–Kier alpha value is -0.410. The van der Waals surface area contributed by atoms with Crippen LogP contribution in [0.3, 0.4) is 0 Å². The predicted octanol–water partition coefficient (Wildman–Crippen LogP) is -0.715. The Morgan fingerprint density at radius 2 is 2.38 bits per heavy atom. The van der Waals surface area contributed by atoms with Crippen LogP contribution in [0.15, 0.2) is 0 Å². The van der Waals surface area contributed by atoms with Crippen molar-refractivity contribution in [3.8, 4) is 0 Å². The van der Waals surface area contributed by atoms with Crippen LogP contribution in [0.1, 0.15) is 13.3 Å². The summed E-state index contributed by atoms with van der Waals surface area (Å²) in [6.45, 7) is 1.48. The molecular formula is C5H11NO2. The van der Waals surface area contributed by atoms with Gasteiger partial charge in [0.25, 0.3) is 0 Å². The molecule has 0 bridgehead atoms. The first kappa shape index (κ1) is 7.59. The van der Waals surface area contributed by atoms with E-state index in [4.69, 9.17) is 10.8 Å². The summed E-state index contributed by atoms with van der Waals surface area (Å²) < 4.78 is 0. The number of aliphatic hydroxyl groups is 1. The van der Waals surface area contributed by atoms with Crippen molar-refractivity contribution < 1.29 is 9.90 Å². The van der Waals surface area contributed by atoms with Crippen LogP contribution in [-0.4, -0.2) is 23.5 Å². The van der Waals surface area contributed by atoms with Gasteiger partial charge >= 0.3 is 0 Å². The van der Waals surface area contributed by atoms with Crippen molar-refractivity contribution in [3.63, 3.8) is 0 Å². The second kappa shape index (κ2) is 3.57. The number of Topliss-reactive ketones (excluding diaryl/α,β-unsaturated/α-hetero) is 1. The molecule has 0 aromatic heterocycles. The summed E-state index contributed by atoms with van der Waals surface area (Å²) in [6.07, 6.45) is 0.404. The van der Waals surface area contributed by atoms with Gasteiger partial charge in [-0.25, -0.2) is 0 Å². The van der Waals surface area contributed by atoms with Gasteiger partial charge in [0.1, 0.15) is 0 Å². The van der Waals surface area contributed by atoms with Crippen LogP contribution < -0.4 is 5.73 Å². The first-order valence-electron chi connectivity index (χ1n) is 2.61. The topological polar surface area (TPSA) is 63.3 Å². The Kier molecular flexibility index (Phi) is 3.39. The molecule has 3 nitrogen and oxygen atoms in total. The smallest absolute Gasteiger partial charge is 0.151 e. The molecule has 0 aliphatic heterocycles. The standard InChI is InChI=1S/C5H11NO2/c1-2-5(8)4(6)3-7/h4,7H,2-3,6H2,1H3. The van der Waals surface area contributed by atoms with Crippen molar-refractivity contribution in [3.05, 3.63) is 0 Å². The van der Waals surface area contributed by atoms with Gasteiger partial charge < -0.3 is 10.8 Å². The maximum atomic E-state index is 10.5. The van der Waals surface area contributed by atoms with Crippen molar-refractivity contribution in [2.75, 3.05) is 6.61 Å². The van der Waals surface area contributed by atoms with E-state index in [0.717, 1.165) is 0 Å². The summed E-state index contributed by atoms with van der Waals surface area (Å²) in [5.41, 5.74) is 5.13. The second-order valence-corrected chi connectivity index (χ2v) is 1.61. The lowest BCUT2D eigenvalue weighted by atomic mass is 10.2. The molecule has 8 heavy (non-hydrogen) atoms. The maximum Gasteiger partial charge on any atom is 0.151 e. The van der Waals surface area contributed by atoms with Crippen LogP contribution in [0, 0.1) is 0 Å². The largest absolute Gasteiger partial charge is 0.394 e. The van der Waals surface area contributed by atoms with E-state index in [9.17, 15) is 4.79 Å². The maximum absolute atomic E-state index is 10.5. The van der Waals surface area contributed by atoms with Crippen LogP contribution >= 0.6 is 0 Å². The van der Waals surface area contributed by atoms with Gasteiger partial charge in [-0.15, -0.1) is 0 Å². The quantitative estimate of drug-likeness (QED) is 0.513. The highest BCUT2D eigenvalue weighted by molar-refractivity contribution is 5.83. The van der Waals surface area contributed by atoms with Gasteiger partial charge in [-0.2, -0.15) is 0 Å². The average molecular weight is 117 g/mol. The van der Waals surface area contributed by atoms with Crippen LogP contribution in [0.25, 0.3) is 0 Å². The normalized spacial score (nSPS) is 13.4. The summed E-state index contributed by atoms with van der Waals surface area (Å²) in [6, 6.07) is -0.667. The molecule has 1 atom stereocenters. The highest BCUT2D eigenvalue weighted by Gasteiger charge is 2.07. The minimum absolute atomic E-state index is 0.0903. The summed E-state index contributed by atoms with van der Waals surface area (Å²) in [7, 11) is 0. The molecule has 48 valence electrons. The Labute approximate surface area is 48.5 Å². The third kappa shape index (κ3) is 2.04. The summed E-state index contributed by atoms with van der Waals surface area (Å²) in [4.78, 5) is 10.5. The number of aliphatic hydroxyl groups excluding tert-OH is 1. The summed E-state index contributed by atoms with van der Waals surface area (Å²) >= 11 is 0. The van der Waals surface area contributed by atoms with E-state index in [-0.39, 0.29) is 12.4 Å². The summed E-state index contributed by atoms with van der Waals surface area (Å²) in [5, 5.41) is 8.29. The van der Waals surface area contributed by atoms with Gasteiger partial charge in [0, 0.05) is 6.42 Å². The number of ketones is 1. The molecule has 0 saturated carbocycles. The van der Waals surface area contributed by atoms with E-state index in [1.165, 1.54) is 0 Å². The number of carbonyl (C=O) groups is 1. The molecule has 0 amide bonds. The van der Waals surface area contributed by atoms with Gasteiger partial charge in [0.05, 0.1) is 12.6 Å². The highest BCUT2D eigenvalue weighted by atomic mass is 16.3. The molecule has 3 N–H and O–H groups in total. The molecule has 0 saturated heterocycles. The fourth-order valence-corrected chi connectivity index (χ4v) is 0.364. The van der Waals surface area contributed by atoms with Gasteiger partial charge in [-0.3, -0.25) is 4.79 Å². The molecule has 0 spiro atoms. The Balaban J connectivity index is 3.46. The van der Waals surface area contributed by atoms with Crippen molar-refractivity contribution in [1.29, 1.82) is 0 Å². The Morgan fingerprint density at radius 1 is 1.88 bits per heavy atom. The van der Waals surface area contributed by atoms with E-state index in [2.05, 4.69) is 0 Å². The second-order valence-electron chi connectivity index (χ2n) is 1.61. The Morgan fingerprint density at radius 3 is 2.50 bits per heavy atom. The van der Waals surface area contributed by atoms with Crippen molar-refractivity contribution in [1.82, 2.24) is 0 Å². The lowest BCUT2D eigenvalue weighted by molar-refractivity contribution is -0.120. The average Bonchev–Trinajstić information content (AvgIpc) is 1.84. The van der Waals surface area contributed by atoms with Crippen LogP contribution in [0.2, 0.25) is 0 Å². The van der Waals surface area contributed by atoms with Gasteiger partial charge in [-0.1, -0.05) is 6.92 Å². The zero-order chi connectivity index (χ0) is 6.57. The van der Waals surface area contributed by atoms with Gasteiger partial charge in [-0.05, 0) is 0 Å². The molecule has 0 aromatic rings. The van der Waals surface area contributed by atoms with E-state index in [0.29, 0.717) is 6.42 Å². The third-order valence-electron chi connectivity index (χ3n) is 0.959. The molecule has 0 fully saturated rings. The monoisotopic (exact) mass is 117 g/mol. The van der Waals surface area contributed by atoms with Crippen molar-refractivity contribution >= 4 is 5.78 Å². The van der Waals surface area contributed by atoms with E-state index < -0.39 is 6.04 Å². The van der Waals surface area contributed by atoms with Crippen LogP contribution in [-0.2, 0) is 4.79 Å². The zero-order valence-corrected chi connectivity index (χ0v) is 4.92. The highest BCUT2D eigenvalue weighted by Crippen LogP contribution is 1.84. The Bertz CT molecular complexity index is 82.5. The molecule has 0 heterocycles. The molecule has 3 heteroatoms. The number of hydrogen-bond acceptors (Lipinski definition) is 3. The molecule has 0 aliphatic carbocycles. The van der Waals surface area contributed by atoms with Crippen LogP contribution in [0.5, 0.6) is 0 Å². The molecular weight excluding hydrogens is 106 g/mol. The predicted molar refractivity (Wildman–Crippen MR) is 30.4 cm³/mol. The first-order valence-corrected chi connectivity index (χ1v) is 2.61. The fraction of sp³-hybridized carbons (Fsp3) is 0.800. The van der Waals surface area contributed by atoms with Gasteiger partial charge in [0.2, 0.25) is 0 Å². The molecule has 0 aromatic carbocycles. The van der Waals surface area contributed by atoms with E-state index in [1.54, 1.807) is 6.92 Å². The fourth-order valence-electron chi connectivity index (χ4n) is 0.364. The minimum Gasteiger partial charge on any atom is -0.394 e. The van der Waals surface area contributed by atoms with E-state index in [1.807, 2.05) is 0 Å². The number of nitrogens with two attached hydrogens (primary N) is 1. The molecule has 0 rings (SSSR count). The minimum atomic E-state index is -0.667. The van der Waals surface area contributed by atoms with Gasteiger partial charge in [0.15, 0.2) is 5.78 Å². The lowest BCUT2D eigenvalue weighted by Crippen LogP contribution is -2.33. The lowest BCUT2D eigenvalue weighted by Gasteiger charge is -2.01. The molecule has 0 radical (unpaired) electrons. The summed E-state index contributed by atoms with van der Waals surface area (Å²) in [5.74, 6) is -0.0903.